The van der Waals surface area contributed by atoms with Crippen molar-refractivity contribution < 1.29 is 27.4 Å². The van der Waals surface area contributed by atoms with Gasteiger partial charge in [0.15, 0.2) is 11.0 Å². The number of aromatic nitrogens is 2. The van der Waals surface area contributed by atoms with Crippen LogP contribution in [-0.2, 0) is 20.9 Å². The fourth-order valence-electron chi connectivity index (χ4n) is 2.71. The van der Waals surface area contributed by atoms with Crippen molar-refractivity contribution in [2.24, 2.45) is 5.92 Å². The van der Waals surface area contributed by atoms with E-state index >= 15 is 0 Å². The highest BCUT2D eigenvalue weighted by Crippen LogP contribution is 2.28. The van der Waals surface area contributed by atoms with E-state index in [1.54, 1.807) is 13.8 Å². The highest BCUT2D eigenvalue weighted by Gasteiger charge is 2.29. The first-order chi connectivity index (χ1) is 12.2. The maximum Gasteiger partial charge on any atom is 0.411 e. The molecule has 1 aromatic heterocycles. The summed E-state index contributed by atoms with van der Waals surface area (Å²) in [5.41, 5.74) is 0.725. The maximum atomic E-state index is 12.2. The molecular formula is C16H21ClF3N3O3. The summed E-state index contributed by atoms with van der Waals surface area (Å²) in [7, 11) is 0. The lowest BCUT2D eigenvalue weighted by atomic mass is 9.97. The van der Waals surface area contributed by atoms with E-state index in [0.717, 1.165) is 0 Å². The minimum absolute atomic E-state index is 0.169. The molecule has 0 aromatic carbocycles. The number of nitrogens with zero attached hydrogens (tertiary/aromatic N) is 3. The third kappa shape index (κ3) is 5.70. The highest BCUT2D eigenvalue weighted by molar-refractivity contribution is 6.31. The number of aryl methyl sites for hydroxylation is 1. The number of esters is 1. The van der Waals surface area contributed by atoms with Gasteiger partial charge in [-0.2, -0.15) is 13.2 Å². The van der Waals surface area contributed by atoms with Crippen LogP contribution < -0.4 is 4.90 Å². The van der Waals surface area contributed by atoms with Crippen LogP contribution in [0.4, 0.5) is 19.0 Å². The Morgan fingerprint density at radius 2 is 1.96 bits per heavy atom. The number of hydrogen-bond acceptors (Lipinski definition) is 6. The lowest BCUT2D eigenvalue weighted by molar-refractivity contribution is -0.176. The molecule has 6 nitrogen and oxygen atoms in total. The molecule has 2 rings (SSSR count). The summed E-state index contributed by atoms with van der Waals surface area (Å²) in [6, 6.07) is 0. The minimum atomic E-state index is -4.40. The molecule has 10 heteroatoms. The zero-order chi connectivity index (χ0) is 19.3. The van der Waals surface area contributed by atoms with E-state index in [0.29, 0.717) is 49.7 Å². The summed E-state index contributed by atoms with van der Waals surface area (Å²) in [6.07, 6.45) is -3.22. The predicted octanol–water partition coefficient (Wildman–Crippen LogP) is 3.30. The van der Waals surface area contributed by atoms with Crippen molar-refractivity contribution in [2.75, 3.05) is 31.2 Å². The molecule has 1 aliphatic heterocycles. The fraction of sp³-hybridized carbons (Fsp3) is 0.688. The number of piperidine rings is 1. The number of ether oxygens (including phenoxy) is 2. The summed E-state index contributed by atoms with van der Waals surface area (Å²) in [6.45, 7) is 3.13. The molecule has 26 heavy (non-hydrogen) atoms. The maximum absolute atomic E-state index is 12.2. The summed E-state index contributed by atoms with van der Waals surface area (Å²) in [5.74, 6) is 0.0117. The number of carbonyl (C=O) groups is 1. The number of carbonyl (C=O) groups excluding carboxylic acids is 1. The second-order valence-corrected chi connectivity index (χ2v) is 6.35. The topological polar surface area (TPSA) is 64.5 Å². The Hall–Kier alpha value is -1.61. The molecule has 0 spiro atoms. The van der Waals surface area contributed by atoms with Crippen LogP contribution in [0.3, 0.4) is 0 Å². The van der Waals surface area contributed by atoms with Gasteiger partial charge in [0.25, 0.3) is 0 Å². The van der Waals surface area contributed by atoms with Crippen LogP contribution >= 0.6 is 11.6 Å². The van der Waals surface area contributed by atoms with Crippen LogP contribution in [0.5, 0.6) is 0 Å². The van der Waals surface area contributed by atoms with Gasteiger partial charge in [-0.05, 0) is 26.7 Å². The van der Waals surface area contributed by atoms with Crippen molar-refractivity contribution in [3.05, 3.63) is 16.5 Å². The van der Waals surface area contributed by atoms with Crippen LogP contribution in [0.25, 0.3) is 0 Å². The molecule has 0 atom stereocenters. The van der Waals surface area contributed by atoms with E-state index in [1.165, 1.54) is 0 Å². The van der Waals surface area contributed by atoms with Crippen molar-refractivity contribution in [1.29, 1.82) is 0 Å². The number of anilines is 1. The Morgan fingerprint density at radius 1 is 1.31 bits per heavy atom. The molecule has 0 saturated carbocycles. The SMILES string of the molecule is CCOC(=O)C1CCN(c2nc(COCC(F)(F)F)c(C)nc2Cl)CC1. The lowest BCUT2D eigenvalue weighted by Gasteiger charge is -2.32. The molecule has 0 unspecified atom stereocenters. The zero-order valence-corrected chi connectivity index (χ0v) is 15.4. The molecule has 2 heterocycles. The number of hydrogen-bond donors (Lipinski definition) is 0. The Morgan fingerprint density at radius 3 is 2.54 bits per heavy atom. The molecule has 1 saturated heterocycles. The average Bonchev–Trinajstić information content (AvgIpc) is 2.56. The van der Waals surface area contributed by atoms with Gasteiger partial charge in [-0.1, -0.05) is 11.6 Å². The molecule has 1 fully saturated rings. The molecule has 0 amide bonds. The molecule has 0 N–H and O–H groups in total. The van der Waals surface area contributed by atoms with Gasteiger partial charge in [0.05, 0.1) is 30.5 Å². The quantitative estimate of drug-likeness (QED) is 0.689. The first-order valence-electron chi connectivity index (χ1n) is 8.30. The van der Waals surface area contributed by atoms with E-state index in [-0.39, 0.29) is 23.6 Å². The van der Waals surface area contributed by atoms with Crippen LogP contribution in [-0.4, -0.2) is 48.4 Å². The van der Waals surface area contributed by atoms with Gasteiger partial charge >= 0.3 is 12.1 Å². The van der Waals surface area contributed by atoms with Crippen molar-refractivity contribution in [1.82, 2.24) is 9.97 Å². The van der Waals surface area contributed by atoms with Gasteiger partial charge in [-0.3, -0.25) is 4.79 Å². The molecule has 1 aromatic rings. The standard InChI is InChI=1S/C16H21ClF3N3O3/c1-3-26-15(24)11-4-6-23(7-5-11)14-13(17)21-10(2)12(22-14)8-25-9-16(18,19)20/h11H,3-9H2,1-2H3. The summed E-state index contributed by atoms with van der Waals surface area (Å²) >= 11 is 6.16. The van der Waals surface area contributed by atoms with E-state index in [1.807, 2.05) is 4.90 Å². The van der Waals surface area contributed by atoms with Crippen molar-refractivity contribution in [3.63, 3.8) is 0 Å². The first kappa shape index (κ1) is 20.7. The molecule has 0 radical (unpaired) electrons. The molecular weight excluding hydrogens is 375 g/mol. The predicted molar refractivity (Wildman–Crippen MR) is 89.1 cm³/mol. The van der Waals surface area contributed by atoms with E-state index in [2.05, 4.69) is 14.7 Å². The van der Waals surface area contributed by atoms with Crippen LogP contribution in [0.2, 0.25) is 5.15 Å². The first-order valence-corrected chi connectivity index (χ1v) is 8.68. The van der Waals surface area contributed by atoms with Gasteiger partial charge in [-0.25, -0.2) is 9.97 Å². The Bertz CT molecular complexity index is 635. The minimum Gasteiger partial charge on any atom is -0.466 e. The third-order valence-electron chi connectivity index (χ3n) is 4.03. The highest BCUT2D eigenvalue weighted by atomic mass is 35.5. The van der Waals surface area contributed by atoms with Gasteiger partial charge in [-0.15, -0.1) is 0 Å². The largest absolute Gasteiger partial charge is 0.466 e. The zero-order valence-electron chi connectivity index (χ0n) is 14.6. The summed E-state index contributed by atoms with van der Waals surface area (Å²) in [4.78, 5) is 22.2. The number of alkyl halides is 3. The second-order valence-electron chi connectivity index (χ2n) is 5.99. The fourth-order valence-corrected chi connectivity index (χ4v) is 2.99. The van der Waals surface area contributed by atoms with Gasteiger partial charge in [0, 0.05) is 13.1 Å². The molecule has 0 bridgehead atoms. The number of halogens is 4. The summed E-state index contributed by atoms with van der Waals surface area (Å²) in [5, 5.41) is 0.177. The van der Waals surface area contributed by atoms with Crippen molar-refractivity contribution >= 4 is 23.4 Å². The van der Waals surface area contributed by atoms with Crippen molar-refractivity contribution in [3.8, 4) is 0 Å². The van der Waals surface area contributed by atoms with Crippen molar-refractivity contribution in [2.45, 2.75) is 39.5 Å². The van der Waals surface area contributed by atoms with Crippen LogP contribution in [0.15, 0.2) is 0 Å². The summed E-state index contributed by atoms with van der Waals surface area (Å²) < 4.78 is 46.4. The lowest BCUT2D eigenvalue weighted by Crippen LogP contribution is -2.37. The molecule has 0 aliphatic carbocycles. The van der Waals surface area contributed by atoms with Gasteiger partial charge in [0.1, 0.15) is 6.61 Å². The van der Waals surface area contributed by atoms with Crippen LogP contribution in [0, 0.1) is 12.8 Å². The van der Waals surface area contributed by atoms with E-state index < -0.39 is 12.8 Å². The van der Waals surface area contributed by atoms with Gasteiger partial charge < -0.3 is 14.4 Å². The Labute approximate surface area is 154 Å². The average molecular weight is 396 g/mol. The monoisotopic (exact) mass is 395 g/mol. The normalized spacial score (nSPS) is 16.0. The van der Waals surface area contributed by atoms with Gasteiger partial charge in [0.2, 0.25) is 0 Å². The number of rotatable bonds is 6. The Balaban J connectivity index is 2.03. The molecule has 1 aliphatic rings. The third-order valence-corrected chi connectivity index (χ3v) is 4.28. The smallest absolute Gasteiger partial charge is 0.411 e. The van der Waals surface area contributed by atoms with E-state index in [4.69, 9.17) is 16.3 Å². The Kier molecular flexibility index (Phi) is 7.05. The second kappa shape index (κ2) is 8.85. The van der Waals surface area contributed by atoms with Crippen LogP contribution in [0.1, 0.15) is 31.2 Å². The molecule has 146 valence electrons. The van der Waals surface area contributed by atoms with E-state index in [9.17, 15) is 18.0 Å².